The van der Waals surface area contributed by atoms with Gasteiger partial charge in [-0.3, -0.25) is 0 Å². The van der Waals surface area contributed by atoms with Gasteiger partial charge >= 0.3 is 0 Å². The summed E-state index contributed by atoms with van der Waals surface area (Å²) in [5, 5.41) is 0. The van der Waals surface area contributed by atoms with Gasteiger partial charge in [0.25, 0.3) is 0 Å². The average molecular weight is 920 g/mol. The maximum Gasteiger partial charge on any atom is 0.164 e. The first-order chi connectivity index (χ1) is 35.6. The van der Waals surface area contributed by atoms with Gasteiger partial charge in [0.15, 0.2) is 23.3 Å². The van der Waals surface area contributed by atoms with Gasteiger partial charge in [-0.1, -0.05) is 224 Å². The molecule has 0 fully saturated rings. The van der Waals surface area contributed by atoms with Gasteiger partial charge in [0.1, 0.15) is 0 Å². The first kappa shape index (κ1) is 43.6. The molecule has 0 bridgehead atoms. The van der Waals surface area contributed by atoms with E-state index < -0.39 is 0 Å². The van der Waals surface area contributed by atoms with Crippen molar-refractivity contribution >= 4 is 0 Å². The fourth-order valence-corrected chi connectivity index (χ4v) is 9.23. The molecule has 0 atom stereocenters. The van der Waals surface area contributed by atoms with E-state index in [1.54, 1.807) is 0 Å². The van der Waals surface area contributed by atoms with E-state index in [2.05, 4.69) is 243 Å². The van der Waals surface area contributed by atoms with E-state index in [0.717, 1.165) is 100 Å². The maximum atomic E-state index is 5.26. The largest absolute Gasteiger partial charge is 0.228 e. The van der Waals surface area contributed by atoms with E-state index >= 15 is 0 Å². The summed E-state index contributed by atoms with van der Waals surface area (Å²) in [7, 11) is 0. The van der Waals surface area contributed by atoms with Crippen LogP contribution in [0, 0.1) is 0 Å². The van der Waals surface area contributed by atoms with Gasteiger partial charge < -0.3 is 0 Å². The lowest BCUT2D eigenvalue weighted by atomic mass is 9.94. The standard InChI is InChI=1S/C67H45N5/c1-6-20-46(21-7-1)51-30-17-35-56(39-51)65-70-66(57-36-18-31-52(40-57)47-22-8-2-9-23-47)72-67(71-65)58-37-19-33-54(41-58)53-32-16-34-55(38-53)62-45-63(69-64(68-62)50-28-14-5-15-29-50)61-43-59(48-24-10-3-11-25-48)42-60(44-61)49-26-12-4-13-27-49/h1-45H. The Kier molecular flexibility index (Phi) is 11.9. The molecule has 0 amide bonds. The molecule has 12 aromatic rings. The van der Waals surface area contributed by atoms with Crippen molar-refractivity contribution < 1.29 is 0 Å². The first-order valence-electron chi connectivity index (χ1n) is 24.1. The Morgan fingerprint density at radius 2 is 0.375 bits per heavy atom. The monoisotopic (exact) mass is 919 g/mol. The lowest BCUT2D eigenvalue weighted by Crippen LogP contribution is -2.00. The minimum Gasteiger partial charge on any atom is -0.228 e. The minimum absolute atomic E-state index is 0.587. The Morgan fingerprint density at radius 3 is 0.764 bits per heavy atom. The number of hydrogen-bond acceptors (Lipinski definition) is 5. The highest BCUT2D eigenvalue weighted by Gasteiger charge is 2.17. The van der Waals surface area contributed by atoms with Gasteiger partial charge in [-0.2, -0.15) is 0 Å². The van der Waals surface area contributed by atoms with Crippen molar-refractivity contribution in [1.82, 2.24) is 24.9 Å². The summed E-state index contributed by atoms with van der Waals surface area (Å²) in [6.45, 7) is 0. The number of rotatable bonds is 11. The quantitative estimate of drug-likeness (QED) is 0.129. The Bertz CT molecular complexity index is 3640. The van der Waals surface area contributed by atoms with Gasteiger partial charge in [0.2, 0.25) is 0 Å². The van der Waals surface area contributed by atoms with Crippen molar-refractivity contribution in [3.8, 4) is 124 Å². The lowest BCUT2D eigenvalue weighted by Gasteiger charge is -2.14. The average Bonchev–Trinajstić information content (AvgIpc) is 3.48. The zero-order valence-electron chi connectivity index (χ0n) is 39.2. The molecule has 338 valence electrons. The fraction of sp³-hybridized carbons (Fsp3) is 0. The molecule has 72 heavy (non-hydrogen) atoms. The van der Waals surface area contributed by atoms with Crippen LogP contribution in [-0.4, -0.2) is 24.9 Å². The van der Waals surface area contributed by atoms with E-state index in [9.17, 15) is 0 Å². The van der Waals surface area contributed by atoms with E-state index in [1.807, 2.05) is 30.3 Å². The van der Waals surface area contributed by atoms with Crippen LogP contribution in [0.5, 0.6) is 0 Å². The van der Waals surface area contributed by atoms with Crippen LogP contribution >= 0.6 is 0 Å². The number of nitrogens with zero attached hydrogens (tertiary/aromatic N) is 5. The van der Waals surface area contributed by atoms with Crippen LogP contribution in [0.25, 0.3) is 124 Å². The molecule has 0 aliphatic heterocycles. The van der Waals surface area contributed by atoms with E-state index in [4.69, 9.17) is 24.9 Å². The summed E-state index contributed by atoms with van der Waals surface area (Å²) in [6.07, 6.45) is 0. The number of aromatic nitrogens is 5. The van der Waals surface area contributed by atoms with Gasteiger partial charge in [0, 0.05) is 33.4 Å². The molecular formula is C67H45N5. The smallest absolute Gasteiger partial charge is 0.164 e. The third-order valence-electron chi connectivity index (χ3n) is 12.9. The zero-order valence-corrected chi connectivity index (χ0v) is 39.2. The van der Waals surface area contributed by atoms with Crippen LogP contribution in [0.3, 0.4) is 0 Å². The Labute approximate surface area is 419 Å². The van der Waals surface area contributed by atoms with Crippen LogP contribution in [0.1, 0.15) is 0 Å². The summed E-state index contributed by atoms with van der Waals surface area (Å²) < 4.78 is 0. The Morgan fingerprint density at radius 1 is 0.139 bits per heavy atom. The van der Waals surface area contributed by atoms with Crippen LogP contribution in [0.2, 0.25) is 0 Å². The second-order valence-corrected chi connectivity index (χ2v) is 17.7. The second-order valence-electron chi connectivity index (χ2n) is 17.7. The molecule has 5 nitrogen and oxygen atoms in total. The molecule has 2 heterocycles. The van der Waals surface area contributed by atoms with Crippen LogP contribution in [0.15, 0.2) is 273 Å². The molecule has 0 spiro atoms. The van der Waals surface area contributed by atoms with Crippen LogP contribution in [-0.2, 0) is 0 Å². The zero-order chi connectivity index (χ0) is 48.1. The van der Waals surface area contributed by atoms with Crippen molar-refractivity contribution in [2.45, 2.75) is 0 Å². The van der Waals surface area contributed by atoms with Gasteiger partial charge in [0.05, 0.1) is 11.4 Å². The predicted octanol–water partition coefficient (Wildman–Crippen LogP) is 17.0. The number of hydrogen-bond donors (Lipinski definition) is 0. The van der Waals surface area contributed by atoms with E-state index in [-0.39, 0.29) is 0 Å². The molecule has 12 rings (SSSR count). The first-order valence-corrected chi connectivity index (χ1v) is 24.1. The molecule has 0 saturated carbocycles. The van der Waals surface area contributed by atoms with Crippen molar-refractivity contribution in [3.63, 3.8) is 0 Å². The van der Waals surface area contributed by atoms with Gasteiger partial charge in [-0.25, -0.2) is 24.9 Å². The molecule has 10 aromatic carbocycles. The third kappa shape index (κ3) is 9.38. The Hall–Kier alpha value is -9.71. The van der Waals surface area contributed by atoms with Crippen molar-refractivity contribution in [2.75, 3.05) is 0 Å². The highest BCUT2D eigenvalue weighted by atomic mass is 15.0. The van der Waals surface area contributed by atoms with Gasteiger partial charge in [-0.05, 0) is 104 Å². The fourth-order valence-electron chi connectivity index (χ4n) is 9.23. The second kappa shape index (κ2) is 19.7. The van der Waals surface area contributed by atoms with Crippen molar-refractivity contribution in [2.24, 2.45) is 0 Å². The minimum atomic E-state index is 0.587. The van der Waals surface area contributed by atoms with Crippen LogP contribution < -0.4 is 0 Å². The van der Waals surface area contributed by atoms with Crippen molar-refractivity contribution in [3.05, 3.63) is 273 Å². The van der Waals surface area contributed by atoms with E-state index in [1.165, 1.54) is 0 Å². The van der Waals surface area contributed by atoms with E-state index in [0.29, 0.717) is 23.3 Å². The summed E-state index contributed by atoms with van der Waals surface area (Å²) >= 11 is 0. The molecule has 0 aliphatic rings. The van der Waals surface area contributed by atoms with Crippen LogP contribution in [0.4, 0.5) is 0 Å². The predicted molar refractivity (Wildman–Crippen MR) is 295 cm³/mol. The molecule has 0 saturated heterocycles. The molecule has 0 unspecified atom stereocenters. The number of benzene rings is 10. The molecule has 0 radical (unpaired) electrons. The molecule has 0 aliphatic carbocycles. The summed E-state index contributed by atoms with van der Waals surface area (Å²) in [5.74, 6) is 2.45. The normalized spacial score (nSPS) is 11.1. The van der Waals surface area contributed by atoms with Crippen molar-refractivity contribution in [1.29, 1.82) is 0 Å². The topological polar surface area (TPSA) is 64.5 Å². The molecular weight excluding hydrogens is 875 g/mol. The molecule has 2 aromatic heterocycles. The lowest BCUT2D eigenvalue weighted by molar-refractivity contribution is 1.07. The highest BCUT2D eigenvalue weighted by molar-refractivity contribution is 5.83. The Balaban J connectivity index is 0.957. The molecule has 0 N–H and O–H groups in total. The summed E-state index contributed by atoms with van der Waals surface area (Å²) in [6, 6.07) is 94.8. The third-order valence-corrected chi connectivity index (χ3v) is 12.9. The maximum absolute atomic E-state index is 5.26. The SMILES string of the molecule is c1ccc(-c2cc(-c3ccccc3)cc(-c3cc(-c4cccc(-c5cccc(-c6nc(-c7cccc(-c8ccccc8)c7)nc(-c7cccc(-c8ccccc8)c7)n6)c5)c4)nc(-c4ccccc4)n3)c2)cc1. The highest BCUT2D eigenvalue weighted by Crippen LogP contribution is 2.37. The van der Waals surface area contributed by atoms with Gasteiger partial charge in [-0.15, -0.1) is 0 Å². The summed E-state index contributed by atoms with van der Waals surface area (Å²) in [4.78, 5) is 26.1. The molecule has 5 heteroatoms. The summed E-state index contributed by atoms with van der Waals surface area (Å²) in [5.41, 5.74) is 18.3.